The second-order valence-electron chi connectivity index (χ2n) is 3.59. The van der Waals surface area contributed by atoms with Gasteiger partial charge in [-0.05, 0) is 19.1 Å². The predicted octanol–water partition coefficient (Wildman–Crippen LogP) is 3.02. The number of hydrogen-bond acceptors (Lipinski definition) is 4. The van der Waals surface area contributed by atoms with E-state index in [4.69, 9.17) is 10.5 Å². The molecule has 0 amide bonds. The Morgan fingerprint density at radius 3 is 2.88 bits per heavy atom. The van der Waals surface area contributed by atoms with Crippen LogP contribution in [-0.4, -0.2) is 18.6 Å². The Hall–Kier alpha value is -1.49. The highest BCUT2D eigenvalue weighted by Crippen LogP contribution is 2.37. The van der Waals surface area contributed by atoms with Gasteiger partial charge in [0, 0.05) is 16.4 Å². The fourth-order valence-corrected chi connectivity index (χ4v) is 2.31. The number of nitrogens with one attached hydrogen (secondary N) is 1. The largest absolute Gasteiger partial charge is 0.494 e. The van der Waals surface area contributed by atoms with Gasteiger partial charge in [-0.2, -0.15) is 0 Å². The summed E-state index contributed by atoms with van der Waals surface area (Å²) in [7, 11) is 1.63. The Kier molecular flexibility index (Phi) is 3.38. The molecular weight excluding hydrogens is 282 g/mol. The summed E-state index contributed by atoms with van der Waals surface area (Å²) in [4.78, 5) is 4.34. The monoisotopic (exact) mass is 295 g/mol. The first kappa shape index (κ1) is 12.0. The number of rotatable bonds is 3. The molecule has 1 aromatic carbocycles. The molecule has 0 aliphatic rings. The molecule has 17 heavy (non-hydrogen) atoms. The van der Waals surface area contributed by atoms with Crippen molar-refractivity contribution in [2.75, 3.05) is 24.7 Å². The number of nitrogen functional groups attached to an aromatic ring is 1. The third kappa shape index (κ3) is 2.02. The van der Waals surface area contributed by atoms with Crippen LogP contribution in [0.5, 0.6) is 5.75 Å². The number of fused-ring (bicyclic) bond motifs is 1. The molecule has 0 aliphatic carbocycles. The molecule has 0 aliphatic heterocycles. The average molecular weight is 296 g/mol. The Bertz CT molecular complexity index is 557. The van der Waals surface area contributed by atoms with Gasteiger partial charge in [0.2, 0.25) is 0 Å². The number of ether oxygens (including phenoxy) is 1. The molecule has 0 atom stereocenters. The van der Waals surface area contributed by atoms with Crippen LogP contribution < -0.4 is 15.8 Å². The number of aromatic nitrogens is 1. The fraction of sp³-hybridized carbons (Fsp3) is 0.250. The SMILES string of the molecule is CCNc1c(N)cnc2c(OC)ccc(Br)c12. The predicted molar refractivity (Wildman–Crippen MR) is 74.6 cm³/mol. The van der Waals surface area contributed by atoms with Gasteiger partial charge in [0.25, 0.3) is 0 Å². The van der Waals surface area contributed by atoms with Crippen LogP contribution in [0.3, 0.4) is 0 Å². The van der Waals surface area contributed by atoms with Crippen molar-refractivity contribution in [3.63, 3.8) is 0 Å². The highest BCUT2D eigenvalue weighted by atomic mass is 79.9. The van der Waals surface area contributed by atoms with Crippen molar-refractivity contribution in [3.05, 3.63) is 22.8 Å². The van der Waals surface area contributed by atoms with Crippen molar-refractivity contribution in [2.24, 2.45) is 0 Å². The number of nitrogens with two attached hydrogens (primary N) is 1. The Morgan fingerprint density at radius 1 is 1.47 bits per heavy atom. The van der Waals surface area contributed by atoms with Crippen molar-refractivity contribution < 1.29 is 4.74 Å². The lowest BCUT2D eigenvalue weighted by Crippen LogP contribution is -2.03. The molecule has 5 heteroatoms. The molecule has 0 spiro atoms. The number of benzene rings is 1. The molecule has 0 unspecified atom stereocenters. The van der Waals surface area contributed by atoms with Crippen LogP contribution in [0.2, 0.25) is 0 Å². The lowest BCUT2D eigenvalue weighted by atomic mass is 10.1. The first-order chi connectivity index (χ1) is 8.19. The Morgan fingerprint density at radius 2 is 2.24 bits per heavy atom. The summed E-state index contributed by atoms with van der Waals surface area (Å²) in [5.41, 5.74) is 8.27. The minimum atomic E-state index is 0.633. The standard InChI is InChI=1S/C12H14BrN3O/c1-3-15-11-8(14)6-16-12-9(17-2)5-4-7(13)10(11)12/h4-6H,3,14H2,1-2H3,(H,15,16). The normalized spacial score (nSPS) is 10.5. The second kappa shape index (κ2) is 4.79. The number of pyridine rings is 1. The highest BCUT2D eigenvalue weighted by molar-refractivity contribution is 9.10. The average Bonchev–Trinajstić information content (AvgIpc) is 2.33. The zero-order valence-electron chi connectivity index (χ0n) is 9.75. The van der Waals surface area contributed by atoms with Crippen LogP contribution in [0.1, 0.15) is 6.92 Å². The highest BCUT2D eigenvalue weighted by Gasteiger charge is 2.12. The van der Waals surface area contributed by atoms with Gasteiger partial charge >= 0.3 is 0 Å². The minimum absolute atomic E-state index is 0.633. The molecule has 2 rings (SSSR count). The van der Waals surface area contributed by atoms with Gasteiger partial charge < -0.3 is 15.8 Å². The topological polar surface area (TPSA) is 60.2 Å². The smallest absolute Gasteiger partial charge is 0.145 e. The fourth-order valence-electron chi connectivity index (χ4n) is 1.79. The van der Waals surface area contributed by atoms with E-state index < -0.39 is 0 Å². The van der Waals surface area contributed by atoms with E-state index in [1.165, 1.54) is 0 Å². The molecule has 0 fully saturated rings. The molecule has 2 aromatic rings. The maximum Gasteiger partial charge on any atom is 0.145 e. The molecule has 90 valence electrons. The Balaban J connectivity index is 2.82. The van der Waals surface area contributed by atoms with E-state index in [0.29, 0.717) is 5.69 Å². The van der Waals surface area contributed by atoms with Crippen LogP contribution in [0.15, 0.2) is 22.8 Å². The zero-order valence-corrected chi connectivity index (χ0v) is 11.3. The van der Waals surface area contributed by atoms with Crippen molar-refractivity contribution >= 4 is 38.2 Å². The summed E-state index contributed by atoms with van der Waals surface area (Å²) in [6.07, 6.45) is 1.65. The lowest BCUT2D eigenvalue weighted by Gasteiger charge is -2.13. The van der Waals surface area contributed by atoms with Gasteiger partial charge in [-0.15, -0.1) is 0 Å². The van der Waals surface area contributed by atoms with Gasteiger partial charge in [-0.1, -0.05) is 15.9 Å². The summed E-state index contributed by atoms with van der Waals surface area (Å²) >= 11 is 3.52. The van der Waals surface area contributed by atoms with E-state index in [2.05, 4.69) is 26.2 Å². The molecule has 0 saturated carbocycles. The first-order valence-electron chi connectivity index (χ1n) is 5.33. The summed E-state index contributed by atoms with van der Waals surface area (Å²) in [5, 5.41) is 4.21. The second-order valence-corrected chi connectivity index (χ2v) is 4.45. The third-order valence-corrected chi connectivity index (χ3v) is 3.20. The number of nitrogens with zero attached hydrogens (tertiary/aromatic N) is 1. The summed E-state index contributed by atoms with van der Waals surface area (Å²) < 4.78 is 6.25. The number of hydrogen-bond donors (Lipinski definition) is 2. The van der Waals surface area contributed by atoms with E-state index in [9.17, 15) is 0 Å². The van der Waals surface area contributed by atoms with Crippen molar-refractivity contribution in [1.29, 1.82) is 0 Å². The van der Waals surface area contributed by atoms with Gasteiger partial charge in [0.15, 0.2) is 0 Å². The molecule has 1 heterocycles. The quantitative estimate of drug-likeness (QED) is 0.914. The molecule has 3 N–H and O–H groups in total. The van der Waals surface area contributed by atoms with Gasteiger partial charge in [0.05, 0.1) is 24.7 Å². The molecule has 0 bridgehead atoms. The van der Waals surface area contributed by atoms with Crippen molar-refractivity contribution in [1.82, 2.24) is 4.98 Å². The van der Waals surface area contributed by atoms with Crippen LogP contribution in [0.25, 0.3) is 10.9 Å². The first-order valence-corrected chi connectivity index (χ1v) is 6.12. The number of methoxy groups -OCH3 is 1. The van der Waals surface area contributed by atoms with E-state index in [0.717, 1.165) is 33.4 Å². The lowest BCUT2D eigenvalue weighted by molar-refractivity contribution is 0.419. The van der Waals surface area contributed by atoms with Gasteiger partial charge in [-0.25, -0.2) is 4.98 Å². The van der Waals surface area contributed by atoms with E-state index in [1.807, 2.05) is 19.1 Å². The minimum Gasteiger partial charge on any atom is -0.494 e. The van der Waals surface area contributed by atoms with Crippen LogP contribution >= 0.6 is 15.9 Å². The van der Waals surface area contributed by atoms with Crippen molar-refractivity contribution in [3.8, 4) is 5.75 Å². The Labute approximate surface area is 108 Å². The van der Waals surface area contributed by atoms with Gasteiger partial charge in [-0.3, -0.25) is 0 Å². The van der Waals surface area contributed by atoms with Crippen LogP contribution in [0, 0.1) is 0 Å². The molecule has 0 saturated heterocycles. The molecule has 0 radical (unpaired) electrons. The molecular formula is C12H14BrN3O. The van der Waals surface area contributed by atoms with E-state index in [1.54, 1.807) is 13.3 Å². The maximum absolute atomic E-state index is 5.95. The maximum atomic E-state index is 5.95. The van der Waals surface area contributed by atoms with Gasteiger partial charge in [0.1, 0.15) is 11.3 Å². The summed E-state index contributed by atoms with van der Waals surface area (Å²) in [6, 6.07) is 3.81. The number of anilines is 2. The van der Waals surface area contributed by atoms with E-state index >= 15 is 0 Å². The zero-order chi connectivity index (χ0) is 12.4. The third-order valence-electron chi connectivity index (χ3n) is 2.53. The molecule has 1 aromatic heterocycles. The summed E-state index contributed by atoms with van der Waals surface area (Å²) in [6.45, 7) is 2.83. The van der Waals surface area contributed by atoms with Crippen molar-refractivity contribution in [2.45, 2.75) is 6.92 Å². The van der Waals surface area contributed by atoms with Crippen LogP contribution in [0.4, 0.5) is 11.4 Å². The van der Waals surface area contributed by atoms with Crippen LogP contribution in [-0.2, 0) is 0 Å². The van der Waals surface area contributed by atoms with E-state index in [-0.39, 0.29) is 0 Å². The number of halogens is 1. The summed E-state index contributed by atoms with van der Waals surface area (Å²) in [5.74, 6) is 0.738. The molecule has 4 nitrogen and oxygen atoms in total.